The van der Waals surface area contributed by atoms with E-state index in [0.717, 1.165) is 34.3 Å². The van der Waals surface area contributed by atoms with E-state index in [-0.39, 0.29) is 30.3 Å². The second kappa shape index (κ2) is 10.6. The normalized spacial score (nSPS) is 18.2. The van der Waals surface area contributed by atoms with Crippen molar-refractivity contribution in [3.63, 3.8) is 0 Å². The minimum absolute atomic E-state index is 0.0666. The quantitative estimate of drug-likeness (QED) is 0.384. The van der Waals surface area contributed by atoms with E-state index >= 15 is 0 Å². The van der Waals surface area contributed by atoms with E-state index in [1.54, 1.807) is 0 Å². The van der Waals surface area contributed by atoms with Crippen molar-refractivity contribution >= 4 is 16.9 Å². The fourth-order valence-corrected chi connectivity index (χ4v) is 5.22. The van der Waals surface area contributed by atoms with Gasteiger partial charge in [0, 0.05) is 42.8 Å². The highest BCUT2D eigenvalue weighted by atomic mass is 16.6. The number of amides is 1. The molecule has 0 radical (unpaired) electrons. The summed E-state index contributed by atoms with van der Waals surface area (Å²) in [5.41, 5.74) is 5.01. The van der Waals surface area contributed by atoms with Gasteiger partial charge in [0.15, 0.2) is 0 Å². The predicted octanol–water partition coefficient (Wildman–Crippen LogP) is 5.73. The number of fused-ring (bicyclic) bond motifs is 1. The third-order valence-corrected chi connectivity index (χ3v) is 7.30. The standard InChI is InChI=1S/C31H33N3O3/c1-21-8-7-11-27-28(21)16-29(32-30(27)35)26-14-12-24(13-15-26)19-34-22(2)17-33(18-23(34)3)31(36)37-20-25-9-5-4-6-10-25/h4-16,22-23H,17-20H2,1-3H3,(H,32,35). The van der Waals surface area contributed by atoms with Gasteiger partial charge in [-0.25, -0.2) is 4.79 Å². The maximum Gasteiger partial charge on any atom is 0.410 e. The summed E-state index contributed by atoms with van der Waals surface area (Å²) < 4.78 is 5.56. The molecule has 1 aromatic heterocycles. The lowest BCUT2D eigenvalue weighted by atomic mass is 10.0. The molecule has 2 heterocycles. The molecule has 190 valence electrons. The molecule has 1 fully saturated rings. The number of carbonyl (C=O) groups excluding carboxylic acids is 1. The van der Waals surface area contributed by atoms with Crippen LogP contribution in [0.5, 0.6) is 0 Å². The first-order valence-corrected chi connectivity index (χ1v) is 12.8. The van der Waals surface area contributed by atoms with Crippen LogP contribution in [0.25, 0.3) is 22.0 Å². The summed E-state index contributed by atoms with van der Waals surface area (Å²) in [5, 5.41) is 1.69. The third-order valence-electron chi connectivity index (χ3n) is 7.30. The monoisotopic (exact) mass is 495 g/mol. The van der Waals surface area contributed by atoms with Crippen molar-refractivity contribution in [3.05, 3.63) is 106 Å². The average Bonchev–Trinajstić information content (AvgIpc) is 2.90. The molecule has 0 bridgehead atoms. The van der Waals surface area contributed by atoms with Gasteiger partial charge in [0.25, 0.3) is 5.56 Å². The fraction of sp³-hybridized carbons (Fsp3) is 0.290. The van der Waals surface area contributed by atoms with Crippen LogP contribution in [0, 0.1) is 6.92 Å². The maximum absolute atomic E-state index is 12.7. The van der Waals surface area contributed by atoms with Crippen molar-refractivity contribution in [2.75, 3.05) is 13.1 Å². The highest BCUT2D eigenvalue weighted by molar-refractivity contribution is 5.87. The lowest BCUT2D eigenvalue weighted by Crippen LogP contribution is -2.57. The Bertz CT molecular complexity index is 1430. The molecule has 2 unspecified atom stereocenters. The number of aromatic amines is 1. The zero-order chi connectivity index (χ0) is 25.9. The molecule has 2 atom stereocenters. The average molecular weight is 496 g/mol. The van der Waals surface area contributed by atoms with E-state index in [2.05, 4.69) is 54.1 Å². The third kappa shape index (κ3) is 5.44. The molecule has 1 saturated heterocycles. The largest absolute Gasteiger partial charge is 0.445 e. The Kier molecular flexibility index (Phi) is 7.10. The van der Waals surface area contributed by atoms with Gasteiger partial charge >= 0.3 is 6.09 Å². The Morgan fingerprint density at radius 3 is 2.30 bits per heavy atom. The molecule has 1 aliphatic heterocycles. The lowest BCUT2D eigenvalue weighted by Gasteiger charge is -2.44. The Morgan fingerprint density at radius 2 is 1.59 bits per heavy atom. The highest BCUT2D eigenvalue weighted by Crippen LogP contribution is 2.24. The van der Waals surface area contributed by atoms with E-state index < -0.39 is 0 Å². The molecule has 1 aliphatic rings. The minimum Gasteiger partial charge on any atom is -0.445 e. The number of hydrogen-bond acceptors (Lipinski definition) is 4. The number of aryl methyl sites for hydroxylation is 1. The number of piperazine rings is 1. The molecule has 3 aromatic carbocycles. The molecule has 6 heteroatoms. The summed E-state index contributed by atoms with van der Waals surface area (Å²) in [5.74, 6) is 0. The summed E-state index contributed by atoms with van der Waals surface area (Å²) in [4.78, 5) is 32.6. The number of nitrogens with one attached hydrogen (secondary N) is 1. The highest BCUT2D eigenvalue weighted by Gasteiger charge is 2.32. The summed E-state index contributed by atoms with van der Waals surface area (Å²) in [6.45, 7) is 8.69. The molecule has 0 saturated carbocycles. The smallest absolute Gasteiger partial charge is 0.410 e. The number of H-pyrrole nitrogens is 1. The Morgan fingerprint density at radius 1 is 0.892 bits per heavy atom. The van der Waals surface area contributed by atoms with E-state index in [4.69, 9.17) is 4.74 Å². The Hall–Kier alpha value is -3.90. The molecular weight excluding hydrogens is 462 g/mol. The molecule has 4 aromatic rings. The summed E-state index contributed by atoms with van der Waals surface area (Å²) >= 11 is 0. The van der Waals surface area contributed by atoms with Crippen LogP contribution in [0.4, 0.5) is 4.79 Å². The number of aromatic nitrogens is 1. The van der Waals surface area contributed by atoms with Crippen LogP contribution in [-0.4, -0.2) is 46.1 Å². The number of ether oxygens (including phenoxy) is 1. The van der Waals surface area contributed by atoms with Gasteiger partial charge in [-0.3, -0.25) is 9.69 Å². The zero-order valence-corrected chi connectivity index (χ0v) is 21.6. The molecule has 1 N–H and O–H groups in total. The number of pyridine rings is 1. The summed E-state index contributed by atoms with van der Waals surface area (Å²) in [7, 11) is 0. The fourth-order valence-electron chi connectivity index (χ4n) is 5.22. The van der Waals surface area contributed by atoms with Crippen LogP contribution in [0.2, 0.25) is 0 Å². The topological polar surface area (TPSA) is 65.6 Å². The number of carbonyl (C=O) groups is 1. The first-order valence-electron chi connectivity index (χ1n) is 12.8. The van der Waals surface area contributed by atoms with Crippen LogP contribution in [0.3, 0.4) is 0 Å². The van der Waals surface area contributed by atoms with Crippen LogP contribution in [0.15, 0.2) is 83.7 Å². The summed E-state index contributed by atoms with van der Waals surface area (Å²) in [6.07, 6.45) is -0.258. The van der Waals surface area contributed by atoms with Crippen molar-refractivity contribution in [3.8, 4) is 11.3 Å². The zero-order valence-electron chi connectivity index (χ0n) is 21.6. The molecule has 37 heavy (non-hydrogen) atoms. The first kappa shape index (κ1) is 24.8. The lowest BCUT2D eigenvalue weighted by molar-refractivity contribution is 0.0210. The van der Waals surface area contributed by atoms with E-state index in [1.807, 2.05) is 60.4 Å². The number of benzene rings is 3. The van der Waals surface area contributed by atoms with Gasteiger partial charge in [-0.15, -0.1) is 0 Å². The number of nitrogens with zero attached hydrogens (tertiary/aromatic N) is 2. The van der Waals surface area contributed by atoms with Crippen LogP contribution in [-0.2, 0) is 17.9 Å². The maximum atomic E-state index is 12.7. The van der Waals surface area contributed by atoms with Crippen molar-refractivity contribution in [2.45, 2.75) is 46.0 Å². The first-order chi connectivity index (χ1) is 17.9. The van der Waals surface area contributed by atoms with Gasteiger partial charge in [0.2, 0.25) is 0 Å². The number of rotatable bonds is 5. The molecule has 0 aliphatic carbocycles. The number of hydrogen-bond donors (Lipinski definition) is 1. The molecule has 6 nitrogen and oxygen atoms in total. The van der Waals surface area contributed by atoms with Crippen molar-refractivity contribution in [1.29, 1.82) is 0 Å². The Labute approximate surface area is 217 Å². The summed E-state index contributed by atoms with van der Waals surface area (Å²) in [6, 6.07) is 26.4. The molecule has 0 spiro atoms. The SMILES string of the molecule is Cc1cccc2c(=O)[nH]c(-c3ccc(CN4C(C)CN(C(=O)OCc5ccccc5)CC4C)cc3)cc12. The van der Waals surface area contributed by atoms with Crippen molar-refractivity contribution in [2.24, 2.45) is 0 Å². The minimum atomic E-state index is -0.258. The van der Waals surface area contributed by atoms with E-state index in [9.17, 15) is 9.59 Å². The van der Waals surface area contributed by atoms with Crippen molar-refractivity contribution in [1.82, 2.24) is 14.8 Å². The van der Waals surface area contributed by atoms with Gasteiger partial charge in [-0.1, -0.05) is 66.7 Å². The second-order valence-corrected chi connectivity index (χ2v) is 10.1. The van der Waals surface area contributed by atoms with Crippen LogP contribution >= 0.6 is 0 Å². The second-order valence-electron chi connectivity index (χ2n) is 10.1. The van der Waals surface area contributed by atoms with Gasteiger partial charge in [0.1, 0.15) is 6.61 Å². The molecule has 5 rings (SSSR count). The van der Waals surface area contributed by atoms with E-state index in [1.165, 1.54) is 5.56 Å². The van der Waals surface area contributed by atoms with Crippen LogP contribution in [0.1, 0.15) is 30.5 Å². The Balaban J connectivity index is 1.23. The predicted molar refractivity (Wildman–Crippen MR) is 147 cm³/mol. The van der Waals surface area contributed by atoms with Gasteiger partial charge in [-0.2, -0.15) is 0 Å². The molecule has 1 amide bonds. The molecular formula is C31H33N3O3. The van der Waals surface area contributed by atoms with Gasteiger partial charge in [0.05, 0.1) is 0 Å². The van der Waals surface area contributed by atoms with E-state index in [0.29, 0.717) is 18.5 Å². The van der Waals surface area contributed by atoms with Crippen molar-refractivity contribution < 1.29 is 9.53 Å². The van der Waals surface area contributed by atoms with Gasteiger partial charge < -0.3 is 14.6 Å². The van der Waals surface area contributed by atoms with Crippen LogP contribution < -0.4 is 5.56 Å². The van der Waals surface area contributed by atoms with Gasteiger partial charge in [-0.05, 0) is 60.5 Å².